The van der Waals surface area contributed by atoms with Crippen molar-refractivity contribution in [2.24, 2.45) is 5.92 Å². The van der Waals surface area contributed by atoms with Crippen molar-refractivity contribution >= 4 is 10.2 Å². The SMILES string of the molecule is CCNCC1CCCCN1S(=O)(=O)NCC(CC)CC. The zero-order valence-corrected chi connectivity index (χ0v) is 14.0. The van der Waals surface area contributed by atoms with Gasteiger partial charge in [-0.15, -0.1) is 0 Å². The molecule has 0 bridgehead atoms. The van der Waals surface area contributed by atoms with E-state index in [1.807, 2.05) is 6.92 Å². The first-order valence-corrected chi connectivity index (χ1v) is 9.46. The van der Waals surface area contributed by atoms with Gasteiger partial charge < -0.3 is 5.32 Å². The van der Waals surface area contributed by atoms with E-state index >= 15 is 0 Å². The minimum atomic E-state index is -3.33. The number of likely N-dealkylation sites (N-methyl/N-ethyl adjacent to an activating group) is 1. The minimum Gasteiger partial charge on any atom is -0.315 e. The average Bonchev–Trinajstić information content (AvgIpc) is 2.46. The highest BCUT2D eigenvalue weighted by Crippen LogP contribution is 2.19. The van der Waals surface area contributed by atoms with E-state index in [9.17, 15) is 8.42 Å². The number of piperidine rings is 1. The lowest BCUT2D eigenvalue weighted by Crippen LogP contribution is -2.52. The van der Waals surface area contributed by atoms with Gasteiger partial charge in [0.2, 0.25) is 0 Å². The van der Waals surface area contributed by atoms with Crippen molar-refractivity contribution in [1.82, 2.24) is 14.3 Å². The topological polar surface area (TPSA) is 61.4 Å². The molecule has 1 atom stereocenters. The molecule has 2 N–H and O–H groups in total. The fourth-order valence-corrected chi connectivity index (χ4v) is 4.24. The summed E-state index contributed by atoms with van der Waals surface area (Å²) in [5.41, 5.74) is 0. The summed E-state index contributed by atoms with van der Waals surface area (Å²) in [7, 11) is -3.33. The van der Waals surface area contributed by atoms with E-state index in [-0.39, 0.29) is 6.04 Å². The molecule has 120 valence electrons. The van der Waals surface area contributed by atoms with Crippen LogP contribution in [0.4, 0.5) is 0 Å². The molecule has 6 heteroatoms. The molecule has 20 heavy (non-hydrogen) atoms. The molecule has 0 spiro atoms. The van der Waals surface area contributed by atoms with Gasteiger partial charge in [-0.1, -0.05) is 40.0 Å². The number of nitrogens with one attached hydrogen (secondary N) is 2. The summed E-state index contributed by atoms with van der Waals surface area (Å²) >= 11 is 0. The summed E-state index contributed by atoms with van der Waals surface area (Å²) in [4.78, 5) is 0. The van der Waals surface area contributed by atoms with Crippen LogP contribution in [0.3, 0.4) is 0 Å². The predicted octanol–water partition coefficient (Wildman–Crippen LogP) is 1.72. The zero-order chi connectivity index (χ0) is 15.0. The molecule has 0 saturated carbocycles. The molecule has 5 nitrogen and oxygen atoms in total. The molecule has 0 aromatic rings. The van der Waals surface area contributed by atoms with Crippen LogP contribution in [-0.4, -0.2) is 44.9 Å². The largest absolute Gasteiger partial charge is 0.315 e. The molecule has 1 saturated heterocycles. The van der Waals surface area contributed by atoms with Crippen LogP contribution in [0.15, 0.2) is 0 Å². The number of rotatable bonds is 9. The van der Waals surface area contributed by atoms with Gasteiger partial charge in [0, 0.05) is 25.7 Å². The monoisotopic (exact) mass is 305 g/mol. The van der Waals surface area contributed by atoms with E-state index < -0.39 is 10.2 Å². The summed E-state index contributed by atoms with van der Waals surface area (Å²) in [6.45, 7) is 9.10. The van der Waals surface area contributed by atoms with Gasteiger partial charge in [-0.2, -0.15) is 12.7 Å². The summed E-state index contributed by atoms with van der Waals surface area (Å²) in [6.07, 6.45) is 5.07. The maximum Gasteiger partial charge on any atom is 0.279 e. The van der Waals surface area contributed by atoms with Crippen molar-refractivity contribution in [3.05, 3.63) is 0 Å². The maximum atomic E-state index is 12.5. The third-order valence-corrected chi connectivity index (χ3v) is 5.85. The average molecular weight is 305 g/mol. The van der Waals surface area contributed by atoms with Crippen LogP contribution >= 0.6 is 0 Å². The Balaban J connectivity index is 2.62. The van der Waals surface area contributed by atoms with Crippen LogP contribution in [0.1, 0.15) is 52.9 Å². The van der Waals surface area contributed by atoms with Crippen LogP contribution in [0, 0.1) is 5.92 Å². The van der Waals surface area contributed by atoms with Gasteiger partial charge in [-0.05, 0) is 25.3 Å². The van der Waals surface area contributed by atoms with Gasteiger partial charge in [0.25, 0.3) is 10.2 Å². The zero-order valence-electron chi connectivity index (χ0n) is 13.2. The predicted molar refractivity (Wildman–Crippen MR) is 83.9 cm³/mol. The van der Waals surface area contributed by atoms with Crippen molar-refractivity contribution in [3.8, 4) is 0 Å². The molecule has 1 aliphatic rings. The molecule has 1 fully saturated rings. The van der Waals surface area contributed by atoms with E-state index in [2.05, 4.69) is 23.9 Å². The van der Waals surface area contributed by atoms with Gasteiger partial charge in [-0.3, -0.25) is 0 Å². The van der Waals surface area contributed by atoms with E-state index in [0.29, 0.717) is 19.0 Å². The molecule has 0 aromatic heterocycles. The van der Waals surface area contributed by atoms with Crippen molar-refractivity contribution < 1.29 is 8.42 Å². The summed E-state index contributed by atoms with van der Waals surface area (Å²) in [5.74, 6) is 0.432. The van der Waals surface area contributed by atoms with E-state index in [4.69, 9.17) is 0 Å². The van der Waals surface area contributed by atoms with E-state index in [1.165, 1.54) is 0 Å². The molecule has 0 radical (unpaired) electrons. The first kappa shape index (κ1) is 17.9. The quantitative estimate of drug-likeness (QED) is 0.682. The number of hydrogen-bond donors (Lipinski definition) is 2. The Morgan fingerprint density at radius 1 is 1.20 bits per heavy atom. The normalized spacial score (nSPS) is 21.5. The summed E-state index contributed by atoms with van der Waals surface area (Å²) < 4.78 is 29.4. The lowest BCUT2D eigenvalue weighted by atomic mass is 10.0. The van der Waals surface area contributed by atoms with Gasteiger partial charge in [0.05, 0.1) is 0 Å². The van der Waals surface area contributed by atoms with Crippen LogP contribution in [-0.2, 0) is 10.2 Å². The highest BCUT2D eigenvalue weighted by Gasteiger charge is 2.31. The highest BCUT2D eigenvalue weighted by molar-refractivity contribution is 7.87. The Bertz CT molecular complexity index is 355. The molecular weight excluding hydrogens is 274 g/mol. The Hall–Kier alpha value is -0.170. The fraction of sp³-hybridized carbons (Fsp3) is 1.00. The molecule has 1 aliphatic heterocycles. The van der Waals surface area contributed by atoms with Crippen LogP contribution in [0.5, 0.6) is 0 Å². The number of nitrogens with zero attached hydrogens (tertiary/aromatic N) is 1. The van der Waals surface area contributed by atoms with Crippen molar-refractivity contribution in [1.29, 1.82) is 0 Å². The Morgan fingerprint density at radius 2 is 1.90 bits per heavy atom. The van der Waals surface area contributed by atoms with Crippen molar-refractivity contribution in [2.75, 3.05) is 26.2 Å². The molecule has 0 amide bonds. The molecule has 0 aromatic carbocycles. The molecular formula is C14H31N3O2S. The Kier molecular flexibility index (Phi) is 8.02. The fourth-order valence-electron chi connectivity index (χ4n) is 2.69. The Labute approximate surface area is 124 Å². The lowest BCUT2D eigenvalue weighted by Gasteiger charge is -2.35. The van der Waals surface area contributed by atoms with E-state index in [0.717, 1.165) is 45.2 Å². The van der Waals surface area contributed by atoms with E-state index in [1.54, 1.807) is 4.31 Å². The van der Waals surface area contributed by atoms with Crippen LogP contribution in [0.2, 0.25) is 0 Å². The van der Waals surface area contributed by atoms with Gasteiger partial charge in [0.1, 0.15) is 0 Å². The van der Waals surface area contributed by atoms with Crippen molar-refractivity contribution in [2.45, 2.75) is 58.9 Å². The standard InChI is InChI=1S/C14H31N3O2S/c1-4-13(5-2)11-16-20(18,19)17-10-8-7-9-14(17)12-15-6-3/h13-16H,4-12H2,1-3H3. The van der Waals surface area contributed by atoms with Crippen LogP contribution < -0.4 is 10.0 Å². The van der Waals surface area contributed by atoms with Gasteiger partial charge in [-0.25, -0.2) is 4.72 Å². The van der Waals surface area contributed by atoms with Gasteiger partial charge in [0.15, 0.2) is 0 Å². The second-order valence-corrected chi connectivity index (χ2v) is 7.31. The van der Waals surface area contributed by atoms with Gasteiger partial charge >= 0.3 is 0 Å². The molecule has 1 rings (SSSR count). The van der Waals surface area contributed by atoms with Crippen LogP contribution in [0.25, 0.3) is 0 Å². The highest BCUT2D eigenvalue weighted by atomic mass is 32.2. The molecule has 1 unspecified atom stereocenters. The second-order valence-electron chi connectivity index (χ2n) is 5.60. The Morgan fingerprint density at radius 3 is 2.50 bits per heavy atom. The first-order chi connectivity index (χ1) is 9.55. The van der Waals surface area contributed by atoms with Crippen molar-refractivity contribution in [3.63, 3.8) is 0 Å². The first-order valence-electron chi connectivity index (χ1n) is 8.02. The lowest BCUT2D eigenvalue weighted by molar-refractivity contribution is 0.243. The summed E-state index contributed by atoms with van der Waals surface area (Å²) in [6, 6.07) is 0.0999. The minimum absolute atomic E-state index is 0.0999. The third kappa shape index (κ3) is 5.31. The third-order valence-electron chi connectivity index (χ3n) is 4.22. The molecule has 0 aliphatic carbocycles. The second kappa shape index (κ2) is 8.97. The maximum absolute atomic E-state index is 12.5. The molecule has 1 heterocycles. The summed E-state index contributed by atoms with van der Waals surface area (Å²) in [5, 5.41) is 3.27. The smallest absolute Gasteiger partial charge is 0.279 e. The number of hydrogen-bond acceptors (Lipinski definition) is 3.